The first-order chi connectivity index (χ1) is 8.31. The summed E-state index contributed by atoms with van der Waals surface area (Å²) in [6.07, 6.45) is 4.02. The Balaban J connectivity index is 2.01. The lowest BCUT2D eigenvalue weighted by Crippen LogP contribution is -1.94. The maximum absolute atomic E-state index is 11.9. The number of hydrogen-bond acceptors (Lipinski definition) is 3. The van der Waals surface area contributed by atoms with Gasteiger partial charge in [0.25, 0.3) is 0 Å². The molecule has 0 bridgehead atoms. The monoisotopic (exact) mass is 264 g/mol. The van der Waals surface area contributed by atoms with Crippen LogP contribution in [-0.4, -0.2) is 5.78 Å². The predicted molar refractivity (Wildman–Crippen MR) is 76.1 cm³/mol. The summed E-state index contributed by atoms with van der Waals surface area (Å²) in [5.41, 5.74) is 0. The molecule has 0 saturated heterocycles. The van der Waals surface area contributed by atoms with E-state index in [1.165, 1.54) is 9.75 Å². The number of rotatable bonds is 6. The molecule has 0 atom stereocenters. The Morgan fingerprint density at radius 2 is 2.06 bits per heavy atom. The molecule has 0 spiro atoms. The van der Waals surface area contributed by atoms with Gasteiger partial charge in [-0.3, -0.25) is 4.79 Å². The largest absolute Gasteiger partial charge is 0.293 e. The fourth-order valence-corrected chi connectivity index (χ4v) is 3.51. The minimum atomic E-state index is 0.297. The van der Waals surface area contributed by atoms with E-state index in [2.05, 4.69) is 24.4 Å². The molecule has 0 aliphatic heterocycles. The van der Waals surface area contributed by atoms with Crippen LogP contribution in [0.4, 0.5) is 0 Å². The SMILES string of the molecule is CCCCCC(=O)c1ccc(-c2cccs2)s1. The number of ketones is 1. The summed E-state index contributed by atoms with van der Waals surface area (Å²) >= 11 is 3.34. The molecule has 2 heterocycles. The van der Waals surface area contributed by atoms with Crippen LogP contribution in [-0.2, 0) is 0 Å². The van der Waals surface area contributed by atoms with Crippen LogP contribution < -0.4 is 0 Å². The number of carbonyl (C=O) groups is 1. The minimum absolute atomic E-state index is 0.297. The zero-order valence-corrected chi connectivity index (χ0v) is 11.6. The smallest absolute Gasteiger partial charge is 0.172 e. The van der Waals surface area contributed by atoms with Crippen LogP contribution in [0.3, 0.4) is 0 Å². The molecule has 0 N–H and O–H groups in total. The van der Waals surface area contributed by atoms with Gasteiger partial charge >= 0.3 is 0 Å². The van der Waals surface area contributed by atoms with Crippen molar-refractivity contribution in [2.24, 2.45) is 0 Å². The lowest BCUT2D eigenvalue weighted by Gasteiger charge is -1.96. The topological polar surface area (TPSA) is 17.1 Å². The van der Waals surface area contributed by atoms with E-state index in [4.69, 9.17) is 0 Å². The maximum atomic E-state index is 11.9. The highest BCUT2D eigenvalue weighted by molar-refractivity contribution is 7.22. The Kier molecular flexibility index (Phi) is 4.51. The van der Waals surface area contributed by atoms with Gasteiger partial charge in [-0.05, 0) is 30.0 Å². The first kappa shape index (κ1) is 12.5. The second-order valence-electron chi connectivity index (χ2n) is 4.02. The van der Waals surface area contributed by atoms with Gasteiger partial charge in [-0.15, -0.1) is 22.7 Å². The van der Waals surface area contributed by atoms with Gasteiger partial charge in [-0.25, -0.2) is 0 Å². The third-order valence-electron chi connectivity index (χ3n) is 2.65. The summed E-state index contributed by atoms with van der Waals surface area (Å²) in [6.45, 7) is 2.16. The molecule has 0 unspecified atom stereocenters. The molecule has 2 rings (SSSR count). The predicted octanol–water partition coefficient (Wildman–Crippen LogP) is 5.24. The Hall–Kier alpha value is -0.930. The van der Waals surface area contributed by atoms with E-state index in [1.54, 1.807) is 22.7 Å². The average molecular weight is 264 g/mol. The number of carbonyl (C=O) groups excluding carboxylic acids is 1. The maximum Gasteiger partial charge on any atom is 0.172 e. The molecule has 0 amide bonds. The van der Waals surface area contributed by atoms with Crippen molar-refractivity contribution in [3.63, 3.8) is 0 Å². The van der Waals surface area contributed by atoms with Crippen LogP contribution >= 0.6 is 22.7 Å². The van der Waals surface area contributed by atoms with Gasteiger partial charge in [-0.1, -0.05) is 25.8 Å². The quantitative estimate of drug-likeness (QED) is 0.515. The molecule has 0 aliphatic rings. The van der Waals surface area contributed by atoms with Crippen molar-refractivity contribution >= 4 is 28.5 Å². The van der Waals surface area contributed by atoms with Crippen LogP contribution in [0.1, 0.15) is 42.3 Å². The first-order valence-corrected chi connectivity index (χ1v) is 7.68. The number of Topliss-reactive ketones (excluding diaryl/α,β-unsaturated/α-hetero) is 1. The highest BCUT2D eigenvalue weighted by Crippen LogP contribution is 2.32. The summed E-state index contributed by atoms with van der Waals surface area (Å²) < 4.78 is 0. The molecule has 0 fully saturated rings. The van der Waals surface area contributed by atoms with Gasteiger partial charge in [0.05, 0.1) is 4.88 Å². The summed E-state index contributed by atoms with van der Waals surface area (Å²) in [5.74, 6) is 0.297. The zero-order chi connectivity index (χ0) is 12.1. The molecule has 2 aromatic rings. The van der Waals surface area contributed by atoms with Crippen LogP contribution in [0.2, 0.25) is 0 Å². The van der Waals surface area contributed by atoms with Crippen LogP contribution in [0.5, 0.6) is 0 Å². The van der Waals surface area contributed by atoms with E-state index in [0.29, 0.717) is 12.2 Å². The van der Waals surface area contributed by atoms with Gasteiger partial charge in [-0.2, -0.15) is 0 Å². The van der Waals surface area contributed by atoms with Gasteiger partial charge in [0.1, 0.15) is 0 Å². The molecule has 2 aromatic heterocycles. The van der Waals surface area contributed by atoms with Crippen molar-refractivity contribution < 1.29 is 4.79 Å². The summed E-state index contributed by atoms with van der Waals surface area (Å²) in [4.78, 5) is 15.3. The lowest BCUT2D eigenvalue weighted by molar-refractivity contribution is 0.0983. The van der Waals surface area contributed by atoms with E-state index in [0.717, 1.165) is 24.1 Å². The molecule has 1 nitrogen and oxygen atoms in total. The second-order valence-corrected chi connectivity index (χ2v) is 6.05. The Labute approximate surface area is 110 Å². The van der Waals surface area contributed by atoms with E-state index in [9.17, 15) is 4.79 Å². The number of hydrogen-bond donors (Lipinski definition) is 0. The van der Waals surface area contributed by atoms with Crippen molar-refractivity contribution in [1.82, 2.24) is 0 Å². The number of unbranched alkanes of at least 4 members (excludes halogenated alkanes) is 2. The highest BCUT2D eigenvalue weighted by atomic mass is 32.1. The van der Waals surface area contributed by atoms with Crippen molar-refractivity contribution in [3.8, 4) is 9.75 Å². The summed E-state index contributed by atoms with van der Waals surface area (Å²) in [7, 11) is 0. The fourth-order valence-electron chi connectivity index (χ4n) is 1.70. The average Bonchev–Trinajstić information content (AvgIpc) is 3.00. The molecule has 3 heteroatoms. The van der Waals surface area contributed by atoms with Crippen molar-refractivity contribution in [2.45, 2.75) is 32.6 Å². The van der Waals surface area contributed by atoms with Crippen LogP contribution in [0.15, 0.2) is 29.6 Å². The summed E-state index contributed by atoms with van der Waals surface area (Å²) in [5, 5.41) is 2.07. The Bertz CT molecular complexity index is 468. The van der Waals surface area contributed by atoms with E-state index < -0.39 is 0 Å². The molecule has 0 aromatic carbocycles. The van der Waals surface area contributed by atoms with Gasteiger partial charge in [0.15, 0.2) is 5.78 Å². The van der Waals surface area contributed by atoms with Crippen LogP contribution in [0, 0.1) is 0 Å². The van der Waals surface area contributed by atoms with Gasteiger partial charge in [0, 0.05) is 16.2 Å². The molecule has 0 aliphatic carbocycles. The molecular formula is C14H16OS2. The van der Waals surface area contributed by atoms with Crippen molar-refractivity contribution in [2.75, 3.05) is 0 Å². The third kappa shape index (κ3) is 3.27. The standard InChI is InChI=1S/C14H16OS2/c1-2-3-4-6-11(15)12-8-9-14(17-12)13-7-5-10-16-13/h5,7-10H,2-4,6H2,1H3. The Morgan fingerprint density at radius 1 is 1.18 bits per heavy atom. The van der Waals surface area contributed by atoms with E-state index in [-0.39, 0.29) is 0 Å². The van der Waals surface area contributed by atoms with Gasteiger partial charge < -0.3 is 0 Å². The lowest BCUT2D eigenvalue weighted by atomic mass is 10.1. The van der Waals surface area contributed by atoms with Crippen molar-refractivity contribution in [1.29, 1.82) is 0 Å². The first-order valence-electron chi connectivity index (χ1n) is 5.98. The molecule has 0 saturated carbocycles. The number of thiophene rings is 2. The van der Waals surface area contributed by atoms with E-state index in [1.807, 2.05) is 12.1 Å². The molecule has 0 radical (unpaired) electrons. The highest BCUT2D eigenvalue weighted by Gasteiger charge is 2.10. The molecule has 90 valence electrons. The van der Waals surface area contributed by atoms with Crippen molar-refractivity contribution in [3.05, 3.63) is 34.5 Å². The molecule has 17 heavy (non-hydrogen) atoms. The van der Waals surface area contributed by atoms with Crippen LogP contribution in [0.25, 0.3) is 9.75 Å². The normalized spacial score (nSPS) is 10.6. The zero-order valence-electron chi connectivity index (χ0n) is 9.94. The van der Waals surface area contributed by atoms with E-state index >= 15 is 0 Å². The third-order valence-corrected chi connectivity index (χ3v) is 4.84. The minimum Gasteiger partial charge on any atom is -0.293 e. The van der Waals surface area contributed by atoms with Gasteiger partial charge in [0.2, 0.25) is 0 Å². The Morgan fingerprint density at radius 3 is 2.76 bits per heavy atom. The fraction of sp³-hybridized carbons (Fsp3) is 0.357. The molecular weight excluding hydrogens is 248 g/mol. The second kappa shape index (κ2) is 6.12. The summed E-state index contributed by atoms with van der Waals surface area (Å²) in [6, 6.07) is 8.17.